The zero-order valence-corrected chi connectivity index (χ0v) is 14.6. The van der Waals surface area contributed by atoms with Crippen molar-refractivity contribution in [1.82, 2.24) is 15.3 Å². The normalized spacial score (nSPS) is 14.9. The first-order valence-electron chi connectivity index (χ1n) is 9.19. The molecule has 1 amide bonds. The molecule has 1 aliphatic carbocycles. The molecule has 1 saturated carbocycles. The van der Waals surface area contributed by atoms with Gasteiger partial charge in [0.15, 0.2) is 0 Å². The first kappa shape index (κ1) is 16.5. The van der Waals surface area contributed by atoms with Crippen LogP contribution in [0, 0.1) is 0 Å². The number of amides is 1. The molecule has 5 heteroatoms. The molecule has 1 aliphatic rings. The van der Waals surface area contributed by atoms with Crippen LogP contribution in [0.2, 0.25) is 0 Å². The van der Waals surface area contributed by atoms with E-state index < -0.39 is 0 Å². The minimum atomic E-state index is -0.196. The zero-order chi connectivity index (χ0) is 17.8. The van der Waals surface area contributed by atoms with Crippen molar-refractivity contribution in [3.63, 3.8) is 0 Å². The summed E-state index contributed by atoms with van der Waals surface area (Å²) in [6.07, 6.45) is 5.67. The summed E-state index contributed by atoms with van der Waals surface area (Å²) >= 11 is 0. The molecule has 0 atom stereocenters. The highest BCUT2D eigenvalue weighted by Crippen LogP contribution is 2.24. The zero-order valence-electron chi connectivity index (χ0n) is 14.6. The fraction of sp³-hybridized carbons (Fsp3) is 0.286. The predicted octanol–water partition coefficient (Wildman–Crippen LogP) is 4.44. The molecule has 1 aromatic heterocycles. The van der Waals surface area contributed by atoms with Crippen molar-refractivity contribution in [2.75, 3.05) is 5.32 Å². The molecule has 0 bridgehead atoms. The van der Waals surface area contributed by atoms with Crippen molar-refractivity contribution in [2.24, 2.45) is 0 Å². The van der Waals surface area contributed by atoms with Gasteiger partial charge in [0.25, 0.3) is 5.91 Å². The Bertz CT molecular complexity index is 904. The third-order valence-corrected chi connectivity index (χ3v) is 4.78. The molecule has 1 fully saturated rings. The van der Waals surface area contributed by atoms with Crippen LogP contribution in [0.3, 0.4) is 0 Å². The molecule has 4 rings (SSSR count). The second-order valence-electron chi connectivity index (χ2n) is 6.71. The van der Waals surface area contributed by atoms with Crippen LogP contribution in [-0.2, 0) is 0 Å². The van der Waals surface area contributed by atoms with Crippen LogP contribution in [0.1, 0.15) is 42.7 Å². The number of nitrogens with one attached hydrogen (secondary N) is 2. The molecular weight excluding hydrogens is 324 g/mol. The van der Waals surface area contributed by atoms with Gasteiger partial charge in [0.1, 0.15) is 5.82 Å². The average Bonchev–Trinajstić information content (AvgIpc) is 2.69. The Hall–Kier alpha value is -2.95. The lowest BCUT2D eigenvalue weighted by molar-refractivity contribution is 0.0917. The maximum atomic E-state index is 12.7. The van der Waals surface area contributed by atoms with Gasteiger partial charge in [0.05, 0.1) is 5.52 Å². The van der Waals surface area contributed by atoms with E-state index >= 15 is 0 Å². The van der Waals surface area contributed by atoms with Crippen molar-refractivity contribution >= 4 is 28.3 Å². The van der Waals surface area contributed by atoms with Crippen LogP contribution in [0.15, 0.2) is 54.6 Å². The quantitative estimate of drug-likeness (QED) is 0.733. The summed E-state index contributed by atoms with van der Waals surface area (Å²) in [5, 5.41) is 7.31. The van der Waals surface area contributed by atoms with Crippen LogP contribution in [-0.4, -0.2) is 21.9 Å². The highest BCUT2D eigenvalue weighted by atomic mass is 16.2. The highest BCUT2D eigenvalue weighted by molar-refractivity contribution is 5.97. The van der Waals surface area contributed by atoms with E-state index in [4.69, 9.17) is 0 Å². The van der Waals surface area contributed by atoms with E-state index in [0.717, 1.165) is 29.4 Å². The lowest BCUT2D eigenvalue weighted by atomic mass is 9.95. The molecule has 0 aliphatic heterocycles. The first-order valence-corrected chi connectivity index (χ1v) is 9.19. The van der Waals surface area contributed by atoms with E-state index in [1.807, 2.05) is 54.6 Å². The average molecular weight is 346 g/mol. The number of anilines is 2. The van der Waals surface area contributed by atoms with Crippen molar-refractivity contribution in [1.29, 1.82) is 0 Å². The van der Waals surface area contributed by atoms with E-state index in [-0.39, 0.29) is 17.8 Å². The Balaban J connectivity index is 1.65. The smallest absolute Gasteiger partial charge is 0.289 e. The lowest BCUT2D eigenvalue weighted by Gasteiger charge is -2.22. The molecule has 5 nitrogen and oxygen atoms in total. The SMILES string of the molecule is O=C(NC1CCCCC1)c1nc(Nc2ccccc2)c2ccccc2n1. The number of para-hydroxylation sites is 2. The molecular formula is C21H22N4O. The van der Waals surface area contributed by atoms with Crippen LogP contribution in [0.5, 0.6) is 0 Å². The Kier molecular flexibility index (Phi) is 4.78. The van der Waals surface area contributed by atoms with Crippen molar-refractivity contribution in [3.05, 3.63) is 60.4 Å². The number of nitrogens with zero attached hydrogens (tertiary/aromatic N) is 2. The van der Waals surface area contributed by atoms with Crippen molar-refractivity contribution in [3.8, 4) is 0 Å². The minimum absolute atomic E-state index is 0.196. The van der Waals surface area contributed by atoms with Crippen molar-refractivity contribution < 1.29 is 4.79 Å². The number of fused-ring (bicyclic) bond motifs is 1. The summed E-state index contributed by atoms with van der Waals surface area (Å²) < 4.78 is 0. The standard InChI is InChI=1S/C21H22N4O/c26-21(23-16-11-5-2-6-12-16)20-24-18-14-8-7-13-17(18)19(25-20)22-15-9-3-1-4-10-15/h1,3-4,7-10,13-14,16H,2,5-6,11-12H2,(H,23,26)(H,22,24,25). The largest absolute Gasteiger partial charge is 0.347 e. The molecule has 0 unspecified atom stereocenters. The second kappa shape index (κ2) is 7.52. The number of benzene rings is 2. The van der Waals surface area contributed by atoms with Gasteiger partial charge in [-0.25, -0.2) is 9.97 Å². The molecule has 0 spiro atoms. The van der Waals surface area contributed by atoms with E-state index in [0.29, 0.717) is 5.82 Å². The summed E-state index contributed by atoms with van der Waals surface area (Å²) in [5.41, 5.74) is 1.68. The minimum Gasteiger partial charge on any atom is -0.347 e. The fourth-order valence-electron chi connectivity index (χ4n) is 3.43. The molecule has 1 heterocycles. The summed E-state index contributed by atoms with van der Waals surface area (Å²) in [4.78, 5) is 21.7. The molecule has 132 valence electrons. The van der Waals surface area contributed by atoms with E-state index in [2.05, 4.69) is 20.6 Å². The number of rotatable bonds is 4. The van der Waals surface area contributed by atoms with E-state index in [1.54, 1.807) is 0 Å². The number of hydrogen-bond acceptors (Lipinski definition) is 4. The van der Waals surface area contributed by atoms with Gasteiger partial charge in [0, 0.05) is 17.1 Å². The van der Waals surface area contributed by atoms with Gasteiger partial charge in [-0.1, -0.05) is 49.6 Å². The summed E-state index contributed by atoms with van der Waals surface area (Å²) in [6, 6.07) is 17.8. The maximum Gasteiger partial charge on any atom is 0.289 e. The maximum absolute atomic E-state index is 12.7. The third kappa shape index (κ3) is 3.67. The van der Waals surface area contributed by atoms with Gasteiger partial charge < -0.3 is 10.6 Å². The van der Waals surface area contributed by atoms with Gasteiger partial charge in [-0.3, -0.25) is 4.79 Å². The van der Waals surface area contributed by atoms with E-state index in [9.17, 15) is 4.79 Å². The summed E-state index contributed by atoms with van der Waals surface area (Å²) in [5.74, 6) is 0.669. The number of hydrogen-bond donors (Lipinski definition) is 2. The van der Waals surface area contributed by atoms with Crippen LogP contribution >= 0.6 is 0 Å². The Morgan fingerprint density at radius 1 is 0.885 bits per heavy atom. The predicted molar refractivity (Wildman–Crippen MR) is 104 cm³/mol. The highest BCUT2D eigenvalue weighted by Gasteiger charge is 2.19. The van der Waals surface area contributed by atoms with Crippen LogP contribution in [0.25, 0.3) is 10.9 Å². The molecule has 0 saturated heterocycles. The molecule has 2 aromatic carbocycles. The second-order valence-corrected chi connectivity index (χ2v) is 6.71. The van der Waals surface area contributed by atoms with E-state index in [1.165, 1.54) is 19.3 Å². The Morgan fingerprint density at radius 3 is 2.42 bits per heavy atom. The Labute approximate surface area is 152 Å². The first-order chi connectivity index (χ1) is 12.8. The Morgan fingerprint density at radius 2 is 1.62 bits per heavy atom. The number of carbonyl (C=O) groups excluding carboxylic acids is 1. The van der Waals surface area contributed by atoms with Gasteiger partial charge in [-0.05, 0) is 37.1 Å². The monoisotopic (exact) mass is 346 g/mol. The molecule has 3 aromatic rings. The van der Waals surface area contributed by atoms with Gasteiger partial charge >= 0.3 is 0 Å². The number of carbonyl (C=O) groups is 1. The third-order valence-electron chi connectivity index (χ3n) is 4.78. The lowest BCUT2D eigenvalue weighted by Crippen LogP contribution is -2.37. The van der Waals surface area contributed by atoms with Gasteiger partial charge in [-0.15, -0.1) is 0 Å². The fourth-order valence-corrected chi connectivity index (χ4v) is 3.43. The summed E-state index contributed by atoms with van der Waals surface area (Å²) in [7, 11) is 0. The molecule has 26 heavy (non-hydrogen) atoms. The van der Waals surface area contributed by atoms with Crippen LogP contribution < -0.4 is 10.6 Å². The van der Waals surface area contributed by atoms with Gasteiger partial charge in [0.2, 0.25) is 5.82 Å². The van der Waals surface area contributed by atoms with Gasteiger partial charge in [-0.2, -0.15) is 0 Å². The topological polar surface area (TPSA) is 66.9 Å². The summed E-state index contributed by atoms with van der Waals surface area (Å²) in [6.45, 7) is 0. The molecule has 2 N–H and O–H groups in total. The molecule has 0 radical (unpaired) electrons. The van der Waals surface area contributed by atoms with Crippen LogP contribution in [0.4, 0.5) is 11.5 Å². The number of aromatic nitrogens is 2. The van der Waals surface area contributed by atoms with Crippen molar-refractivity contribution in [2.45, 2.75) is 38.1 Å².